The number of ketones is 1. The molecule has 0 bridgehead atoms. The van der Waals surface area contributed by atoms with Crippen molar-refractivity contribution in [3.8, 4) is 0 Å². The molecule has 1 aromatic carbocycles. The van der Waals surface area contributed by atoms with Gasteiger partial charge >= 0.3 is 0 Å². The zero-order valence-corrected chi connectivity index (χ0v) is 22.4. The zero-order valence-electron chi connectivity index (χ0n) is 20.8. The highest BCUT2D eigenvalue weighted by Crippen LogP contribution is 2.22. The largest absolute Gasteiger partial charge is 0.370 e. The molecule has 0 aliphatic carbocycles. The molecular weight excluding hydrogens is 554 g/mol. The van der Waals surface area contributed by atoms with Gasteiger partial charge in [-0.15, -0.1) is 0 Å². The maximum Gasteiger partial charge on any atom is 0.254 e. The SMILES string of the molecule is CC(C)C(NC(=O)c1ccc(Br)cc1F)C(=O)N1CCC[C@H]1C(=O)NC(CCCNC(=N)N)C(=O)CF. The van der Waals surface area contributed by atoms with E-state index in [1.54, 1.807) is 13.8 Å². The Balaban J connectivity index is 2.11. The van der Waals surface area contributed by atoms with Crippen molar-refractivity contribution in [3.05, 3.63) is 34.1 Å². The van der Waals surface area contributed by atoms with Crippen LogP contribution in [0.5, 0.6) is 0 Å². The molecule has 1 aliphatic rings. The molecule has 13 heteroatoms. The van der Waals surface area contributed by atoms with Gasteiger partial charge in [-0.3, -0.25) is 24.6 Å². The minimum absolute atomic E-state index is 0.124. The molecule has 2 rings (SSSR count). The van der Waals surface area contributed by atoms with Gasteiger partial charge in [0, 0.05) is 17.6 Å². The van der Waals surface area contributed by atoms with Crippen LogP contribution in [0, 0.1) is 17.1 Å². The molecule has 0 spiro atoms. The van der Waals surface area contributed by atoms with Crippen molar-refractivity contribution in [1.82, 2.24) is 20.9 Å². The smallest absolute Gasteiger partial charge is 0.254 e. The number of amides is 3. The van der Waals surface area contributed by atoms with E-state index >= 15 is 0 Å². The second-order valence-corrected chi connectivity index (χ2v) is 10.1. The van der Waals surface area contributed by atoms with Gasteiger partial charge in [0.25, 0.3) is 5.91 Å². The third-order valence-electron chi connectivity index (χ3n) is 6.06. The molecule has 1 fully saturated rings. The van der Waals surface area contributed by atoms with Crippen LogP contribution in [-0.2, 0) is 14.4 Å². The summed E-state index contributed by atoms with van der Waals surface area (Å²) < 4.78 is 27.8. The molecular formula is C24H33BrF2N6O4. The Kier molecular flexibility index (Phi) is 11.4. The Hall–Kier alpha value is -3.09. The summed E-state index contributed by atoms with van der Waals surface area (Å²) in [5.74, 6) is -4.01. The first kappa shape index (κ1) is 30.1. The number of benzene rings is 1. The highest BCUT2D eigenvalue weighted by atomic mass is 79.9. The number of nitrogens with one attached hydrogen (secondary N) is 4. The molecule has 1 aromatic rings. The number of nitrogens with zero attached hydrogens (tertiary/aromatic N) is 1. The van der Waals surface area contributed by atoms with Crippen molar-refractivity contribution in [2.24, 2.45) is 11.7 Å². The van der Waals surface area contributed by atoms with Gasteiger partial charge in [-0.25, -0.2) is 8.78 Å². The Morgan fingerprint density at radius 3 is 2.54 bits per heavy atom. The maximum absolute atomic E-state index is 14.3. The van der Waals surface area contributed by atoms with Crippen molar-refractivity contribution >= 4 is 45.4 Å². The van der Waals surface area contributed by atoms with E-state index in [1.165, 1.54) is 17.0 Å². The first-order chi connectivity index (χ1) is 17.5. The van der Waals surface area contributed by atoms with E-state index in [9.17, 15) is 28.0 Å². The van der Waals surface area contributed by atoms with E-state index in [1.807, 2.05) is 0 Å². The number of likely N-dealkylation sites (tertiary alicyclic amines) is 1. The fourth-order valence-electron chi connectivity index (χ4n) is 4.09. The van der Waals surface area contributed by atoms with Crippen molar-refractivity contribution in [3.63, 3.8) is 0 Å². The number of alkyl halides is 1. The molecule has 1 saturated heterocycles. The van der Waals surface area contributed by atoms with Crippen molar-refractivity contribution in [2.75, 3.05) is 19.8 Å². The normalized spacial score (nSPS) is 16.7. The number of nitrogens with two attached hydrogens (primary N) is 1. The Labute approximate surface area is 222 Å². The average molecular weight is 587 g/mol. The third kappa shape index (κ3) is 8.48. The Morgan fingerprint density at radius 2 is 1.95 bits per heavy atom. The van der Waals surface area contributed by atoms with Gasteiger partial charge in [0.05, 0.1) is 11.6 Å². The summed E-state index contributed by atoms with van der Waals surface area (Å²) in [6.07, 6.45) is 1.32. The third-order valence-corrected chi connectivity index (χ3v) is 6.55. The molecule has 3 atom stereocenters. The fourth-order valence-corrected chi connectivity index (χ4v) is 4.42. The number of carbonyl (C=O) groups excluding carboxylic acids is 4. The predicted molar refractivity (Wildman–Crippen MR) is 137 cm³/mol. The minimum atomic E-state index is -1.26. The number of halogens is 3. The minimum Gasteiger partial charge on any atom is -0.370 e. The molecule has 1 aliphatic heterocycles. The Morgan fingerprint density at radius 1 is 1.24 bits per heavy atom. The van der Waals surface area contributed by atoms with E-state index < -0.39 is 54.1 Å². The van der Waals surface area contributed by atoms with Crippen LogP contribution in [0.3, 0.4) is 0 Å². The first-order valence-corrected chi connectivity index (χ1v) is 12.8. The quantitative estimate of drug-likeness (QED) is 0.142. The number of hydrogen-bond acceptors (Lipinski definition) is 5. The zero-order chi connectivity index (χ0) is 27.7. The van der Waals surface area contributed by atoms with Gasteiger partial charge in [-0.05, 0) is 49.8 Å². The summed E-state index contributed by atoms with van der Waals surface area (Å²) in [5.41, 5.74) is 5.00. The van der Waals surface area contributed by atoms with Crippen LogP contribution >= 0.6 is 15.9 Å². The molecule has 0 aromatic heterocycles. The molecule has 0 saturated carbocycles. The number of Topliss-reactive ketones (excluding diaryl/α,β-unsaturated/α-hetero) is 1. The molecule has 3 amide bonds. The molecule has 204 valence electrons. The van der Waals surface area contributed by atoms with Gasteiger partial charge < -0.3 is 26.6 Å². The molecule has 6 N–H and O–H groups in total. The predicted octanol–water partition coefficient (Wildman–Crippen LogP) is 1.62. The summed E-state index contributed by atoms with van der Waals surface area (Å²) in [6, 6.07) is 0.940. The number of carbonyl (C=O) groups is 4. The van der Waals surface area contributed by atoms with Crippen LogP contribution in [0.4, 0.5) is 8.78 Å². The van der Waals surface area contributed by atoms with Crippen molar-refractivity contribution in [2.45, 2.75) is 57.7 Å². The molecule has 1 heterocycles. The highest BCUT2D eigenvalue weighted by Gasteiger charge is 2.39. The number of rotatable bonds is 12. The lowest BCUT2D eigenvalue weighted by atomic mass is 10.0. The van der Waals surface area contributed by atoms with E-state index in [0.717, 1.165) is 6.07 Å². The summed E-state index contributed by atoms with van der Waals surface area (Å²) in [6.45, 7) is 2.71. The van der Waals surface area contributed by atoms with Crippen LogP contribution < -0.4 is 21.7 Å². The van der Waals surface area contributed by atoms with Crippen LogP contribution in [0.2, 0.25) is 0 Å². The van der Waals surface area contributed by atoms with E-state index in [4.69, 9.17) is 11.1 Å². The van der Waals surface area contributed by atoms with Crippen molar-refractivity contribution < 1.29 is 28.0 Å². The van der Waals surface area contributed by atoms with E-state index in [-0.39, 0.29) is 37.0 Å². The van der Waals surface area contributed by atoms with Crippen LogP contribution in [0.1, 0.15) is 49.9 Å². The van der Waals surface area contributed by atoms with Crippen LogP contribution in [-0.4, -0.2) is 72.3 Å². The molecule has 37 heavy (non-hydrogen) atoms. The summed E-state index contributed by atoms with van der Waals surface area (Å²) in [5, 5.41) is 14.9. The summed E-state index contributed by atoms with van der Waals surface area (Å²) >= 11 is 3.13. The first-order valence-electron chi connectivity index (χ1n) is 12.0. The second-order valence-electron chi connectivity index (χ2n) is 9.15. The lowest BCUT2D eigenvalue weighted by Crippen LogP contribution is -2.56. The van der Waals surface area contributed by atoms with Gasteiger partial charge in [-0.2, -0.15) is 0 Å². The maximum atomic E-state index is 14.3. The Bertz CT molecular complexity index is 1020. The van der Waals surface area contributed by atoms with Crippen molar-refractivity contribution in [1.29, 1.82) is 5.41 Å². The van der Waals surface area contributed by atoms with Gasteiger partial charge in [0.2, 0.25) is 11.8 Å². The lowest BCUT2D eigenvalue weighted by molar-refractivity contribution is -0.141. The monoisotopic (exact) mass is 586 g/mol. The number of guanidine groups is 1. The fraction of sp³-hybridized carbons (Fsp3) is 0.542. The average Bonchev–Trinajstić information content (AvgIpc) is 3.33. The number of hydrogen-bond donors (Lipinski definition) is 5. The van der Waals surface area contributed by atoms with Crippen LogP contribution in [0.15, 0.2) is 22.7 Å². The van der Waals surface area contributed by atoms with Gasteiger partial charge in [0.1, 0.15) is 24.6 Å². The molecule has 10 nitrogen and oxygen atoms in total. The lowest BCUT2D eigenvalue weighted by Gasteiger charge is -2.31. The summed E-state index contributed by atoms with van der Waals surface area (Å²) in [4.78, 5) is 52.6. The summed E-state index contributed by atoms with van der Waals surface area (Å²) in [7, 11) is 0. The van der Waals surface area contributed by atoms with Crippen LogP contribution in [0.25, 0.3) is 0 Å². The van der Waals surface area contributed by atoms with E-state index in [0.29, 0.717) is 23.7 Å². The van der Waals surface area contributed by atoms with E-state index in [2.05, 4.69) is 31.9 Å². The molecule has 2 unspecified atom stereocenters. The van der Waals surface area contributed by atoms with Gasteiger partial charge in [0.15, 0.2) is 11.7 Å². The molecule has 0 radical (unpaired) electrons. The van der Waals surface area contributed by atoms with Gasteiger partial charge in [-0.1, -0.05) is 29.8 Å². The highest BCUT2D eigenvalue weighted by molar-refractivity contribution is 9.10. The second kappa shape index (κ2) is 14.0. The topological polar surface area (TPSA) is 157 Å². The standard InChI is InChI=1S/C24H33BrF2N6O4/c1-13(2)20(32-21(35)15-8-7-14(25)11-16(15)27)23(37)33-10-4-6-18(33)22(36)31-17(19(34)12-26)5-3-9-30-24(28)29/h7-8,11,13,17-18,20H,3-6,9-10,12H2,1-2H3,(H,31,36)(H,32,35)(H4,28,29,30)/t17?,18-,20?/m0/s1.